The second-order valence-corrected chi connectivity index (χ2v) is 4.99. The number of hydrogen-bond donors (Lipinski definition) is 1. The Kier molecular flexibility index (Phi) is 4.30. The molecule has 2 aromatic carbocycles. The molecule has 0 heterocycles. The van der Waals surface area contributed by atoms with Gasteiger partial charge in [-0.05, 0) is 60.9 Å². The number of aromatic hydroxyl groups is 1. The molecule has 20 heavy (non-hydrogen) atoms. The van der Waals surface area contributed by atoms with Gasteiger partial charge in [-0.2, -0.15) is 0 Å². The molecule has 0 saturated heterocycles. The fraction of sp³-hybridized carbons (Fsp3) is 0.188. The monoisotopic (exact) mass is 289 g/mol. The Morgan fingerprint density at radius 3 is 2.35 bits per heavy atom. The molecule has 1 N–H and O–H groups in total. The molecule has 0 atom stereocenters. The smallest absolute Gasteiger partial charge is 0.137 e. The van der Waals surface area contributed by atoms with E-state index in [1.165, 1.54) is 0 Å². The lowest BCUT2D eigenvalue weighted by molar-refractivity contribution is 0.415. The number of phenolic OH excluding ortho intramolecular Hbond substituents is 1. The Balaban J connectivity index is 2.27. The zero-order chi connectivity index (χ0) is 14.7. The maximum absolute atomic E-state index is 9.73. The van der Waals surface area contributed by atoms with Crippen molar-refractivity contribution in [3.05, 3.63) is 52.0 Å². The third kappa shape index (κ3) is 3.11. The lowest BCUT2D eigenvalue weighted by atomic mass is 10.1. The van der Waals surface area contributed by atoms with Crippen LogP contribution in [-0.2, 0) is 0 Å². The van der Waals surface area contributed by atoms with Crippen molar-refractivity contribution in [2.45, 2.75) is 13.8 Å². The van der Waals surface area contributed by atoms with E-state index in [2.05, 4.69) is 4.99 Å². The number of ether oxygens (including phenoxy) is 1. The summed E-state index contributed by atoms with van der Waals surface area (Å²) in [5, 5.41) is 10.3. The largest absolute Gasteiger partial charge is 0.507 e. The highest BCUT2D eigenvalue weighted by atomic mass is 35.5. The Hall–Kier alpha value is -2.00. The van der Waals surface area contributed by atoms with Gasteiger partial charge in [0.15, 0.2) is 0 Å². The average molecular weight is 290 g/mol. The van der Waals surface area contributed by atoms with Crippen molar-refractivity contribution in [1.82, 2.24) is 0 Å². The highest BCUT2D eigenvalue weighted by Crippen LogP contribution is 2.28. The Bertz CT molecular complexity index is 643. The molecule has 2 aromatic rings. The standard InChI is InChI=1S/C16H16ClNO2/c1-10-6-12(7-11(2)16(10)19)9-18-13-4-5-15(20-3)14(17)8-13/h4-9,19H,1-3H3. The van der Waals surface area contributed by atoms with Crippen LogP contribution in [0.25, 0.3) is 0 Å². The number of nitrogens with zero attached hydrogens (tertiary/aromatic N) is 1. The van der Waals surface area contributed by atoms with E-state index in [-0.39, 0.29) is 0 Å². The van der Waals surface area contributed by atoms with Crippen molar-refractivity contribution in [3.63, 3.8) is 0 Å². The number of methoxy groups -OCH3 is 1. The Morgan fingerprint density at radius 1 is 1.15 bits per heavy atom. The first-order valence-electron chi connectivity index (χ1n) is 6.19. The zero-order valence-corrected chi connectivity index (χ0v) is 12.4. The van der Waals surface area contributed by atoms with Crippen molar-refractivity contribution in [2.24, 2.45) is 4.99 Å². The van der Waals surface area contributed by atoms with Crippen molar-refractivity contribution in [1.29, 1.82) is 0 Å². The van der Waals surface area contributed by atoms with Gasteiger partial charge < -0.3 is 9.84 Å². The fourth-order valence-corrected chi connectivity index (χ4v) is 2.20. The molecule has 0 amide bonds. The van der Waals surface area contributed by atoms with E-state index >= 15 is 0 Å². The van der Waals surface area contributed by atoms with Crippen LogP contribution in [0.2, 0.25) is 5.02 Å². The van der Waals surface area contributed by atoms with Crippen molar-refractivity contribution in [3.8, 4) is 11.5 Å². The van der Waals surface area contributed by atoms with Crippen LogP contribution in [0.15, 0.2) is 35.3 Å². The van der Waals surface area contributed by atoms with E-state index in [1.54, 1.807) is 25.5 Å². The SMILES string of the molecule is COc1ccc(N=Cc2cc(C)c(O)c(C)c2)cc1Cl. The zero-order valence-electron chi connectivity index (χ0n) is 11.6. The number of benzene rings is 2. The van der Waals surface area contributed by atoms with Crippen LogP contribution >= 0.6 is 11.6 Å². The molecule has 0 aromatic heterocycles. The second-order valence-electron chi connectivity index (χ2n) is 4.58. The molecule has 0 saturated carbocycles. The quantitative estimate of drug-likeness (QED) is 0.850. The summed E-state index contributed by atoms with van der Waals surface area (Å²) in [7, 11) is 1.58. The predicted octanol–water partition coefficient (Wildman–Crippen LogP) is 4.42. The minimum Gasteiger partial charge on any atom is -0.507 e. The molecule has 2 rings (SSSR count). The summed E-state index contributed by atoms with van der Waals surface area (Å²) in [6.45, 7) is 3.73. The van der Waals surface area contributed by atoms with Crippen LogP contribution in [0, 0.1) is 13.8 Å². The first kappa shape index (κ1) is 14.4. The van der Waals surface area contributed by atoms with E-state index in [0.717, 1.165) is 22.4 Å². The lowest BCUT2D eigenvalue weighted by Gasteiger charge is -2.05. The summed E-state index contributed by atoms with van der Waals surface area (Å²) < 4.78 is 5.10. The third-order valence-electron chi connectivity index (χ3n) is 3.01. The molecule has 0 unspecified atom stereocenters. The van der Waals surface area contributed by atoms with Gasteiger partial charge in [0.25, 0.3) is 0 Å². The summed E-state index contributed by atoms with van der Waals surface area (Å²) in [5.74, 6) is 0.955. The van der Waals surface area contributed by atoms with Gasteiger partial charge in [0, 0.05) is 6.21 Å². The van der Waals surface area contributed by atoms with Gasteiger partial charge in [0.05, 0.1) is 17.8 Å². The van der Waals surface area contributed by atoms with Crippen LogP contribution in [0.1, 0.15) is 16.7 Å². The molecule has 104 valence electrons. The molecule has 0 aliphatic heterocycles. The summed E-state index contributed by atoms with van der Waals surface area (Å²) in [6.07, 6.45) is 1.75. The molecule has 4 heteroatoms. The summed E-state index contributed by atoms with van der Waals surface area (Å²) in [6, 6.07) is 9.13. The van der Waals surface area contributed by atoms with E-state index in [1.807, 2.05) is 32.0 Å². The number of aryl methyl sites for hydroxylation is 2. The van der Waals surface area contributed by atoms with E-state index in [9.17, 15) is 5.11 Å². The minimum absolute atomic E-state index is 0.328. The van der Waals surface area contributed by atoms with Gasteiger partial charge >= 0.3 is 0 Å². The molecule has 0 aliphatic carbocycles. The third-order valence-corrected chi connectivity index (χ3v) is 3.31. The first-order chi connectivity index (χ1) is 9.51. The first-order valence-corrected chi connectivity index (χ1v) is 6.57. The van der Waals surface area contributed by atoms with Gasteiger partial charge in [0.1, 0.15) is 11.5 Å². The van der Waals surface area contributed by atoms with Crippen LogP contribution < -0.4 is 4.74 Å². The van der Waals surface area contributed by atoms with Gasteiger partial charge in [0.2, 0.25) is 0 Å². The molecular weight excluding hydrogens is 274 g/mol. The minimum atomic E-state index is 0.328. The fourth-order valence-electron chi connectivity index (χ4n) is 1.95. The van der Waals surface area contributed by atoms with Gasteiger partial charge in [-0.3, -0.25) is 4.99 Å². The van der Waals surface area contributed by atoms with Gasteiger partial charge in [-0.15, -0.1) is 0 Å². The number of rotatable bonds is 3. The van der Waals surface area contributed by atoms with Crippen molar-refractivity contribution < 1.29 is 9.84 Å². The molecule has 3 nitrogen and oxygen atoms in total. The second kappa shape index (κ2) is 5.97. The Morgan fingerprint density at radius 2 is 1.80 bits per heavy atom. The normalized spacial score (nSPS) is 11.0. The molecule has 0 aliphatic rings. The van der Waals surface area contributed by atoms with E-state index in [0.29, 0.717) is 16.5 Å². The maximum Gasteiger partial charge on any atom is 0.137 e. The topological polar surface area (TPSA) is 41.8 Å². The van der Waals surface area contributed by atoms with Crippen LogP contribution in [0.3, 0.4) is 0 Å². The average Bonchev–Trinajstić information content (AvgIpc) is 2.42. The number of phenols is 1. The number of halogens is 1. The summed E-state index contributed by atoms with van der Waals surface area (Å²) in [4.78, 5) is 4.38. The molecule has 0 spiro atoms. The summed E-state index contributed by atoms with van der Waals surface area (Å²) in [5.41, 5.74) is 3.35. The molecule has 0 radical (unpaired) electrons. The highest BCUT2D eigenvalue weighted by Gasteiger charge is 2.03. The van der Waals surface area contributed by atoms with Crippen molar-refractivity contribution in [2.75, 3.05) is 7.11 Å². The molecular formula is C16H16ClNO2. The number of hydrogen-bond acceptors (Lipinski definition) is 3. The Labute approximate surface area is 123 Å². The van der Waals surface area contributed by atoms with Crippen LogP contribution in [-0.4, -0.2) is 18.4 Å². The highest BCUT2D eigenvalue weighted by molar-refractivity contribution is 6.32. The van der Waals surface area contributed by atoms with Gasteiger partial charge in [-0.25, -0.2) is 0 Å². The van der Waals surface area contributed by atoms with Crippen LogP contribution in [0.5, 0.6) is 11.5 Å². The number of aliphatic imine (C=N–C) groups is 1. The van der Waals surface area contributed by atoms with E-state index < -0.39 is 0 Å². The molecule has 0 fully saturated rings. The maximum atomic E-state index is 9.73. The predicted molar refractivity (Wildman–Crippen MR) is 82.8 cm³/mol. The lowest BCUT2D eigenvalue weighted by Crippen LogP contribution is -1.87. The van der Waals surface area contributed by atoms with E-state index in [4.69, 9.17) is 16.3 Å². The molecule has 0 bridgehead atoms. The van der Waals surface area contributed by atoms with Crippen molar-refractivity contribution >= 4 is 23.5 Å². The van der Waals surface area contributed by atoms with Gasteiger partial charge in [-0.1, -0.05) is 11.6 Å². The van der Waals surface area contributed by atoms with Crippen LogP contribution in [0.4, 0.5) is 5.69 Å². The summed E-state index contributed by atoms with van der Waals surface area (Å²) >= 11 is 6.05.